The van der Waals surface area contributed by atoms with Crippen molar-refractivity contribution in [3.8, 4) is 6.07 Å². The van der Waals surface area contributed by atoms with Crippen LogP contribution in [0.25, 0.3) is 0 Å². The number of nitriles is 1. The number of rotatable bonds is 0. The predicted molar refractivity (Wildman–Crippen MR) is 52.9 cm³/mol. The number of hydrogen-bond acceptors (Lipinski definition) is 1. The minimum Gasteiger partial charge on any atom is -0.198 e. The first-order valence-corrected chi connectivity index (χ1v) is 5.30. The van der Waals surface area contributed by atoms with Gasteiger partial charge in [-0.15, -0.1) is 0 Å². The van der Waals surface area contributed by atoms with E-state index in [0.29, 0.717) is 0 Å². The Labute approximate surface area is 80.4 Å². The van der Waals surface area contributed by atoms with E-state index in [0.717, 1.165) is 24.7 Å². The van der Waals surface area contributed by atoms with E-state index in [1.807, 2.05) is 0 Å². The minimum absolute atomic E-state index is 0.0215. The topological polar surface area (TPSA) is 23.8 Å². The van der Waals surface area contributed by atoms with Crippen LogP contribution >= 0.6 is 0 Å². The molecule has 1 fully saturated rings. The summed E-state index contributed by atoms with van der Waals surface area (Å²) >= 11 is 0. The Bertz CT molecular complexity index is 261. The van der Waals surface area contributed by atoms with Crippen LogP contribution in [0.1, 0.15) is 39.0 Å². The normalized spacial score (nSPS) is 43.7. The summed E-state index contributed by atoms with van der Waals surface area (Å²) < 4.78 is 0. The molecule has 0 radical (unpaired) electrons. The van der Waals surface area contributed by atoms with Gasteiger partial charge < -0.3 is 0 Å². The average Bonchev–Trinajstić information content (AvgIpc) is 2.18. The van der Waals surface area contributed by atoms with Crippen LogP contribution in [0.15, 0.2) is 12.2 Å². The van der Waals surface area contributed by atoms with Gasteiger partial charge in [-0.05, 0) is 50.9 Å². The van der Waals surface area contributed by atoms with Crippen molar-refractivity contribution in [3.05, 3.63) is 12.2 Å². The second-order valence-corrected chi connectivity index (χ2v) is 4.88. The molecule has 70 valence electrons. The summed E-state index contributed by atoms with van der Waals surface area (Å²) in [6, 6.07) is 2.49. The molecule has 0 aliphatic heterocycles. The Morgan fingerprint density at radius 3 is 2.69 bits per heavy atom. The molecule has 0 aromatic heterocycles. The lowest BCUT2D eigenvalue weighted by Gasteiger charge is -2.40. The molecular weight excluding hydrogens is 158 g/mol. The number of hydrogen-bond donors (Lipinski definition) is 0. The maximum Gasteiger partial charge on any atom is 0.0686 e. The highest BCUT2D eigenvalue weighted by molar-refractivity contribution is 5.05. The van der Waals surface area contributed by atoms with Crippen molar-refractivity contribution in [2.45, 2.75) is 39.0 Å². The van der Waals surface area contributed by atoms with Gasteiger partial charge in [0, 0.05) is 0 Å². The average molecular weight is 175 g/mol. The smallest absolute Gasteiger partial charge is 0.0686 e. The van der Waals surface area contributed by atoms with Crippen molar-refractivity contribution in [1.29, 1.82) is 5.26 Å². The molecule has 1 nitrogen and oxygen atoms in total. The first kappa shape index (κ1) is 8.81. The van der Waals surface area contributed by atoms with Crippen LogP contribution < -0.4 is 0 Å². The molecule has 2 aliphatic carbocycles. The van der Waals surface area contributed by atoms with Crippen LogP contribution in [0.2, 0.25) is 0 Å². The number of nitrogens with zero attached hydrogens (tertiary/aromatic N) is 1. The van der Waals surface area contributed by atoms with Gasteiger partial charge in [0.2, 0.25) is 0 Å². The molecule has 13 heavy (non-hydrogen) atoms. The SMILES string of the molecule is CC1(C#N)CCC2CC=CCC2C1. The summed E-state index contributed by atoms with van der Waals surface area (Å²) in [5, 5.41) is 9.07. The summed E-state index contributed by atoms with van der Waals surface area (Å²) in [5.74, 6) is 1.68. The second kappa shape index (κ2) is 3.18. The van der Waals surface area contributed by atoms with Crippen LogP contribution in [-0.4, -0.2) is 0 Å². The summed E-state index contributed by atoms with van der Waals surface area (Å²) in [4.78, 5) is 0. The molecule has 1 saturated carbocycles. The lowest BCUT2D eigenvalue weighted by molar-refractivity contribution is 0.142. The fourth-order valence-corrected chi connectivity index (χ4v) is 2.82. The molecule has 0 N–H and O–H groups in total. The van der Waals surface area contributed by atoms with E-state index in [4.69, 9.17) is 5.26 Å². The van der Waals surface area contributed by atoms with E-state index in [2.05, 4.69) is 25.1 Å². The number of fused-ring (bicyclic) bond motifs is 1. The van der Waals surface area contributed by atoms with Crippen LogP contribution in [0, 0.1) is 28.6 Å². The van der Waals surface area contributed by atoms with Gasteiger partial charge >= 0.3 is 0 Å². The van der Waals surface area contributed by atoms with Crippen molar-refractivity contribution in [1.82, 2.24) is 0 Å². The quantitative estimate of drug-likeness (QED) is 0.518. The van der Waals surface area contributed by atoms with E-state index in [1.54, 1.807) is 0 Å². The molecule has 1 heteroatoms. The Hall–Kier alpha value is -0.770. The molecule has 3 atom stereocenters. The van der Waals surface area contributed by atoms with Gasteiger partial charge in [0.15, 0.2) is 0 Å². The fraction of sp³-hybridized carbons (Fsp3) is 0.750. The van der Waals surface area contributed by atoms with Crippen LogP contribution in [-0.2, 0) is 0 Å². The third-order valence-electron chi connectivity index (χ3n) is 3.76. The zero-order chi connectivity index (χ0) is 9.31. The summed E-state index contributed by atoms with van der Waals surface area (Å²) in [6.45, 7) is 2.13. The van der Waals surface area contributed by atoms with Crippen molar-refractivity contribution < 1.29 is 0 Å². The molecule has 0 aromatic carbocycles. The van der Waals surface area contributed by atoms with Crippen LogP contribution in [0.4, 0.5) is 0 Å². The Morgan fingerprint density at radius 1 is 1.31 bits per heavy atom. The van der Waals surface area contributed by atoms with E-state index >= 15 is 0 Å². The third-order valence-corrected chi connectivity index (χ3v) is 3.76. The molecule has 0 heterocycles. The van der Waals surface area contributed by atoms with Crippen LogP contribution in [0.3, 0.4) is 0 Å². The van der Waals surface area contributed by atoms with Gasteiger partial charge in [-0.25, -0.2) is 0 Å². The summed E-state index contributed by atoms with van der Waals surface area (Å²) in [7, 11) is 0. The van der Waals surface area contributed by atoms with E-state index < -0.39 is 0 Å². The maximum absolute atomic E-state index is 9.07. The van der Waals surface area contributed by atoms with Crippen molar-refractivity contribution in [2.75, 3.05) is 0 Å². The van der Waals surface area contributed by atoms with Gasteiger partial charge in [-0.3, -0.25) is 0 Å². The molecule has 0 bridgehead atoms. The van der Waals surface area contributed by atoms with Gasteiger partial charge in [0.25, 0.3) is 0 Å². The maximum atomic E-state index is 9.07. The molecular formula is C12H17N. The van der Waals surface area contributed by atoms with Crippen molar-refractivity contribution >= 4 is 0 Å². The monoisotopic (exact) mass is 175 g/mol. The van der Waals surface area contributed by atoms with E-state index in [-0.39, 0.29) is 5.41 Å². The molecule has 3 unspecified atom stereocenters. The van der Waals surface area contributed by atoms with Gasteiger partial charge in [-0.2, -0.15) is 5.26 Å². The lowest BCUT2D eigenvalue weighted by Crippen LogP contribution is -2.31. The largest absolute Gasteiger partial charge is 0.198 e. The molecule has 2 rings (SSSR count). The second-order valence-electron chi connectivity index (χ2n) is 4.88. The standard InChI is InChI=1S/C12H17N/c1-12(9-13)7-6-10-4-2-3-5-11(10)8-12/h2-3,10-11H,4-8H2,1H3. The first-order valence-electron chi connectivity index (χ1n) is 5.30. The Morgan fingerprint density at radius 2 is 2.00 bits per heavy atom. The highest BCUT2D eigenvalue weighted by Gasteiger charge is 2.37. The molecule has 0 spiro atoms. The molecule has 0 amide bonds. The van der Waals surface area contributed by atoms with Gasteiger partial charge in [0.1, 0.15) is 0 Å². The van der Waals surface area contributed by atoms with Crippen molar-refractivity contribution in [3.63, 3.8) is 0 Å². The van der Waals surface area contributed by atoms with E-state index in [1.165, 1.54) is 19.3 Å². The van der Waals surface area contributed by atoms with Crippen molar-refractivity contribution in [2.24, 2.45) is 17.3 Å². The first-order chi connectivity index (χ1) is 6.23. The number of allylic oxidation sites excluding steroid dienone is 2. The van der Waals surface area contributed by atoms with Gasteiger partial charge in [-0.1, -0.05) is 12.2 Å². The zero-order valence-corrected chi connectivity index (χ0v) is 8.29. The van der Waals surface area contributed by atoms with Gasteiger partial charge in [0.05, 0.1) is 11.5 Å². The molecule has 0 aromatic rings. The molecule has 0 saturated heterocycles. The highest BCUT2D eigenvalue weighted by Crippen LogP contribution is 2.46. The molecule has 2 aliphatic rings. The lowest BCUT2D eigenvalue weighted by atomic mass is 9.64. The summed E-state index contributed by atoms with van der Waals surface area (Å²) in [5.41, 5.74) is -0.0215. The Balaban J connectivity index is 2.09. The van der Waals surface area contributed by atoms with E-state index in [9.17, 15) is 0 Å². The third kappa shape index (κ3) is 1.63. The fourth-order valence-electron chi connectivity index (χ4n) is 2.82. The Kier molecular flexibility index (Phi) is 2.15. The highest BCUT2D eigenvalue weighted by atomic mass is 14.4. The van der Waals surface area contributed by atoms with Crippen LogP contribution in [0.5, 0.6) is 0 Å². The summed E-state index contributed by atoms with van der Waals surface area (Å²) in [6.07, 6.45) is 10.6. The zero-order valence-electron chi connectivity index (χ0n) is 8.29. The predicted octanol–water partition coefficient (Wildman–Crippen LogP) is 3.28. The minimum atomic E-state index is -0.0215.